The largest absolute Gasteiger partial charge is 0.368 e. The minimum Gasteiger partial charge on any atom is -0.368 e. The Morgan fingerprint density at radius 2 is 1.72 bits per heavy atom. The van der Waals surface area contributed by atoms with Crippen LogP contribution < -0.4 is 14.9 Å². The number of likely N-dealkylation sites (N-methyl/N-ethyl adjacent to an activating group) is 1. The summed E-state index contributed by atoms with van der Waals surface area (Å²) < 4.78 is 30.9. The van der Waals surface area contributed by atoms with Crippen molar-refractivity contribution in [2.75, 3.05) is 42.9 Å². The van der Waals surface area contributed by atoms with Crippen LogP contribution in [0.2, 0.25) is 0 Å². The molecule has 0 unspecified atom stereocenters. The first-order chi connectivity index (χ1) is 17.4. The summed E-state index contributed by atoms with van der Waals surface area (Å²) in [6, 6.07) is 13.2. The number of piperazine rings is 1. The number of nitrogens with zero attached hydrogens (tertiary/aromatic N) is 2. The van der Waals surface area contributed by atoms with E-state index in [2.05, 4.69) is 32.8 Å². The summed E-state index contributed by atoms with van der Waals surface area (Å²) in [7, 11) is -3.84. The third-order valence-electron chi connectivity index (χ3n) is 8.07. The van der Waals surface area contributed by atoms with Gasteiger partial charge in [0.1, 0.15) is 4.90 Å². The number of hydrogen-bond donors (Lipinski definition) is 2. The Balaban J connectivity index is 1.45. The lowest BCUT2D eigenvalue weighted by Crippen LogP contribution is -2.46. The molecule has 0 radical (unpaired) electrons. The fourth-order valence-electron chi connectivity index (χ4n) is 5.93. The van der Waals surface area contributed by atoms with Gasteiger partial charge in [0.25, 0.3) is 0 Å². The average Bonchev–Trinajstić information content (AvgIpc) is 3.44. The lowest BCUT2D eigenvalue weighted by atomic mass is 9.88. The zero-order valence-electron chi connectivity index (χ0n) is 21.2. The van der Waals surface area contributed by atoms with Crippen molar-refractivity contribution in [3.05, 3.63) is 53.6 Å². The normalized spacial score (nSPS) is 21.4. The maximum atomic E-state index is 13.9. The van der Waals surface area contributed by atoms with Gasteiger partial charge in [-0.25, -0.2) is 13.1 Å². The van der Waals surface area contributed by atoms with E-state index in [-0.39, 0.29) is 22.8 Å². The number of carbonyl (C=O) groups excluding carboxylic acids is 1. The van der Waals surface area contributed by atoms with Gasteiger partial charge in [-0.1, -0.05) is 44.0 Å². The molecule has 0 bridgehead atoms. The molecule has 3 aliphatic rings. The van der Waals surface area contributed by atoms with E-state index in [1.54, 1.807) is 6.07 Å². The molecule has 1 amide bonds. The van der Waals surface area contributed by atoms with Crippen LogP contribution in [0.25, 0.3) is 0 Å². The van der Waals surface area contributed by atoms with Crippen LogP contribution in [0.4, 0.5) is 11.4 Å². The highest BCUT2D eigenvalue weighted by Gasteiger charge is 2.30. The third kappa shape index (κ3) is 5.45. The predicted molar refractivity (Wildman–Crippen MR) is 144 cm³/mol. The first kappa shape index (κ1) is 25.2. The molecule has 1 heterocycles. The molecule has 7 nitrogen and oxygen atoms in total. The summed E-state index contributed by atoms with van der Waals surface area (Å²) in [5.74, 6) is 0.0121. The van der Waals surface area contributed by atoms with Crippen molar-refractivity contribution in [2.24, 2.45) is 5.92 Å². The zero-order valence-corrected chi connectivity index (χ0v) is 22.0. The van der Waals surface area contributed by atoms with Crippen LogP contribution in [0.1, 0.15) is 62.6 Å². The molecule has 2 aromatic rings. The highest BCUT2D eigenvalue weighted by molar-refractivity contribution is 7.89. The van der Waals surface area contributed by atoms with Gasteiger partial charge in [-0.05, 0) is 68.0 Å². The van der Waals surface area contributed by atoms with E-state index < -0.39 is 10.0 Å². The van der Waals surface area contributed by atoms with E-state index in [1.807, 2.05) is 30.3 Å². The quantitative estimate of drug-likeness (QED) is 0.580. The molecule has 36 heavy (non-hydrogen) atoms. The topological polar surface area (TPSA) is 81.8 Å². The minimum absolute atomic E-state index is 0.00525. The van der Waals surface area contributed by atoms with Gasteiger partial charge in [-0.2, -0.15) is 0 Å². The van der Waals surface area contributed by atoms with E-state index in [1.165, 1.54) is 5.56 Å². The SMILES string of the molecule is CCN1CCN(c2ccc(NC(=O)C3CCCC3)cc2S(=O)(=O)N[C@@H]2CCCc3ccccc32)CC1. The van der Waals surface area contributed by atoms with Gasteiger partial charge < -0.3 is 15.1 Å². The lowest BCUT2D eigenvalue weighted by molar-refractivity contribution is -0.119. The summed E-state index contributed by atoms with van der Waals surface area (Å²) in [6.45, 7) is 6.50. The van der Waals surface area contributed by atoms with Crippen molar-refractivity contribution >= 4 is 27.3 Å². The second-order valence-corrected chi connectivity index (χ2v) is 12.0. The minimum atomic E-state index is -3.84. The molecule has 2 fully saturated rings. The van der Waals surface area contributed by atoms with Crippen LogP contribution in [-0.2, 0) is 21.2 Å². The molecule has 5 rings (SSSR count). The molecule has 1 atom stereocenters. The molecular formula is C28H38N4O3S. The molecule has 2 aliphatic carbocycles. The first-order valence-corrected chi connectivity index (χ1v) is 15.0. The maximum Gasteiger partial charge on any atom is 0.243 e. The van der Waals surface area contributed by atoms with Crippen LogP contribution in [0.3, 0.4) is 0 Å². The Bertz CT molecular complexity index is 1190. The third-order valence-corrected chi connectivity index (χ3v) is 9.57. The summed E-state index contributed by atoms with van der Waals surface area (Å²) in [5.41, 5.74) is 3.54. The Kier molecular flexibility index (Phi) is 7.65. The molecule has 0 aromatic heterocycles. The Morgan fingerprint density at radius 1 is 0.972 bits per heavy atom. The van der Waals surface area contributed by atoms with Crippen molar-refractivity contribution in [3.8, 4) is 0 Å². The maximum absolute atomic E-state index is 13.9. The van der Waals surface area contributed by atoms with E-state index in [0.717, 1.165) is 83.2 Å². The first-order valence-electron chi connectivity index (χ1n) is 13.5. The monoisotopic (exact) mass is 510 g/mol. The van der Waals surface area contributed by atoms with E-state index >= 15 is 0 Å². The molecule has 1 saturated carbocycles. The number of benzene rings is 2. The molecule has 1 aliphatic heterocycles. The number of anilines is 2. The molecule has 2 N–H and O–H groups in total. The number of amides is 1. The van der Waals surface area contributed by atoms with Crippen LogP contribution in [0, 0.1) is 5.92 Å². The summed E-state index contributed by atoms with van der Waals surface area (Å²) >= 11 is 0. The van der Waals surface area contributed by atoms with Gasteiger partial charge in [0.05, 0.1) is 5.69 Å². The van der Waals surface area contributed by atoms with Gasteiger partial charge in [0, 0.05) is 43.8 Å². The molecule has 8 heteroatoms. The Hall–Kier alpha value is -2.42. The fourth-order valence-corrected chi connectivity index (χ4v) is 7.43. The molecule has 2 aromatic carbocycles. The highest BCUT2D eigenvalue weighted by atomic mass is 32.2. The Morgan fingerprint density at radius 3 is 2.47 bits per heavy atom. The van der Waals surface area contributed by atoms with E-state index in [9.17, 15) is 13.2 Å². The number of hydrogen-bond acceptors (Lipinski definition) is 5. The van der Waals surface area contributed by atoms with E-state index in [0.29, 0.717) is 11.4 Å². The number of sulfonamides is 1. The fraction of sp³-hybridized carbons (Fsp3) is 0.536. The van der Waals surface area contributed by atoms with Gasteiger partial charge in [-0.3, -0.25) is 4.79 Å². The number of fused-ring (bicyclic) bond motifs is 1. The Labute approximate surface area is 215 Å². The second kappa shape index (κ2) is 10.9. The van der Waals surface area contributed by atoms with Crippen LogP contribution in [0.5, 0.6) is 0 Å². The van der Waals surface area contributed by atoms with E-state index in [4.69, 9.17) is 0 Å². The summed E-state index contributed by atoms with van der Waals surface area (Å²) in [5, 5.41) is 3.00. The smallest absolute Gasteiger partial charge is 0.243 e. The van der Waals surface area contributed by atoms with Gasteiger partial charge >= 0.3 is 0 Å². The van der Waals surface area contributed by atoms with Gasteiger partial charge in [0.2, 0.25) is 15.9 Å². The molecular weight excluding hydrogens is 472 g/mol. The number of aryl methyl sites for hydroxylation is 1. The van der Waals surface area contributed by atoms with Crippen molar-refractivity contribution in [1.82, 2.24) is 9.62 Å². The van der Waals surface area contributed by atoms with Crippen molar-refractivity contribution in [2.45, 2.75) is 62.8 Å². The summed E-state index contributed by atoms with van der Waals surface area (Å²) in [6.07, 6.45) is 6.66. The lowest BCUT2D eigenvalue weighted by Gasteiger charge is -2.36. The van der Waals surface area contributed by atoms with Crippen molar-refractivity contribution in [3.63, 3.8) is 0 Å². The van der Waals surface area contributed by atoms with Gasteiger partial charge in [0.15, 0.2) is 0 Å². The average molecular weight is 511 g/mol. The second-order valence-electron chi connectivity index (χ2n) is 10.3. The molecule has 1 saturated heterocycles. The summed E-state index contributed by atoms with van der Waals surface area (Å²) in [4.78, 5) is 17.6. The van der Waals surface area contributed by atoms with Crippen molar-refractivity contribution in [1.29, 1.82) is 0 Å². The zero-order chi connectivity index (χ0) is 25.1. The van der Waals surface area contributed by atoms with Crippen LogP contribution in [-0.4, -0.2) is 51.9 Å². The van der Waals surface area contributed by atoms with Crippen LogP contribution >= 0.6 is 0 Å². The van der Waals surface area contributed by atoms with Crippen LogP contribution in [0.15, 0.2) is 47.4 Å². The van der Waals surface area contributed by atoms with Crippen molar-refractivity contribution < 1.29 is 13.2 Å². The molecule has 0 spiro atoms. The number of nitrogens with one attached hydrogen (secondary N) is 2. The van der Waals surface area contributed by atoms with Gasteiger partial charge in [-0.15, -0.1) is 0 Å². The predicted octanol–water partition coefficient (Wildman–Crippen LogP) is 4.31. The number of carbonyl (C=O) groups is 1. The standard InChI is InChI=1S/C28H38N4O3S/c1-2-31-16-18-32(19-17-31)26-15-14-23(29-28(33)22-9-3-4-10-22)20-27(26)36(34,35)30-25-13-7-11-21-8-5-6-12-24(21)25/h5-6,8,12,14-15,20,22,25,30H,2-4,7,9-11,13,16-19H2,1H3,(H,29,33)/t25-/m1/s1. The highest BCUT2D eigenvalue weighted by Crippen LogP contribution is 2.35. The molecule has 194 valence electrons. The number of rotatable bonds is 7.